The van der Waals surface area contributed by atoms with Gasteiger partial charge in [0.1, 0.15) is 0 Å². The van der Waals surface area contributed by atoms with Crippen molar-refractivity contribution in [2.75, 3.05) is 6.61 Å². The van der Waals surface area contributed by atoms with Gasteiger partial charge in [-0.05, 0) is 25.2 Å². The van der Waals surface area contributed by atoms with Crippen LogP contribution in [0.2, 0.25) is 0 Å². The molecule has 0 radical (unpaired) electrons. The number of nitrogens with two attached hydrogens (primary N) is 1. The first-order valence-electron chi connectivity index (χ1n) is 7.23. The molecule has 1 saturated carbocycles. The van der Waals surface area contributed by atoms with Crippen LogP contribution in [0.3, 0.4) is 0 Å². The van der Waals surface area contributed by atoms with Crippen molar-refractivity contribution in [1.82, 2.24) is 0 Å². The summed E-state index contributed by atoms with van der Waals surface area (Å²) in [4.78, 5) is 0. The molecule has 4 unspecified atom stereocenters. The molecule has 0 bridgehead atoms. The van der Waals surface area contributed by atoms with Crippen LogP contribution < -0.4 is 5.73 Å². The van der Waals surface area contributed by atoms with Gasteiger partial charge in [-0.15, -0.1) is 0 Å². The molecule has 17 heavy (non-hydrogen) atoms. The van der Waals surface area contributed by atoms with Gasteiger partial charge in [0.2, 0.25) is 0 Å². The molecule has 3 heteroatoms. The lowest BCUT2D eigenvalue weighted by atomic mass is 9.85. The summed E-state index contributed by atoms with van der Waals surface area (Å²) >= 11 is 0. The first kappa shape index (κ1) is 14.9. The first-order valence-corrected chi connectivity index (χ1v) is 7.23. The summed E-state index contributed by atoms with van der Waals surface area (Å²) in [5.74, 6) is 0.801. The lowest BCUT2D eigenvalue weighted by Gasteiger charge is -2.33. The van der Waals surface area contributed by atoms with Gasteiger partial charge in [-0.1, -0.05) is 39.5 Å². The Hall–Kier alpha value is -0.120. The standard InChI is InChI=1S/C14H29NO2/c1-3-6-13(15)14(10-16)17-12-8-5-7-11(4-2)9-12/h11-14,16H,3-10,15H2,1-2H3. The SMILES string of the molecule is CCCC(N)C(CO)OC1CCCC(CC)C1. The van der Waals surface area contributed by atoms with Crippen LogP contribution in [0.1, 0.15) is 58.8 Å². The Bertz CT molecular complexity index is 199. The molecule has 1 rings (SSSR count). The van der Waals surface area contributed by atoms with Gasteiger partial charge < -0.3 is 15.6 Å². The van der Waals surface area contributed by atoms with E-state index in [1.54, 1.807) is 0 Å². The Kier molecular flexibility index (Phi) is 7.09. The second kappa shape index (κ2) is 8.06. The second-order valence-electron chi connectivity index (χ2n) is 5.37. The molecule has 1 fully saturated rings. The summed E-state index contributed by atoms with van der Waals surface area (Å²) in [5.41, 5.74) is 6.04. The van der Waals surface area contributed by atoms with Crippen LogP contribution in [0.25, 0.3) is 0 Å². The topological polar surface area (TPSA) is 55.5 Å². The zero-order valence-electron chi connectivity index (χ0n) is 11.4. The molecule has 102 valence electrons. The third-order valence-electron chi connectivity index (χ3n) is 3.96. The molecule has 0 aromatic heterocycles. The average Bonchev–Trinajstić information content (AvgIpc) is 2.36. The Labute approximate surface area is 106 Å². The predicted molar refractivity (Wildman–Crippen MR) is 70.9 cm³/mol. The molecule has 3 N–H and O–H groups in total. The van der Waals surface area contributed by atoms with Crippen LogP contribution >= 0.6 is 0 Å². The fourth-order valence-corrected chi connectivity index (χ4v) is 2.78. The second-order valence-corrected chi connectivity index (χ2v) is 5.37. The van der Waals surface area contributed by atoms with Crippen LogP contribution in [0.5, 0.6) is 0 Å². The van der Waals surface area contributed by atoms with Crippen LogP contribution in [-0.4, -0.2) is 30.0 Å². The van der Waals surface area contributed by atoms with Crippen molar-refractivity contribution in [2.45, 2.75) is 77.0 Å². The molecule has 0 spiro atoms. The van der Waals surface area contributed by atoms with E-state index < -0.39 is 0 Å². The zero-order chi connectivity index (χ0) is 12.7. The van der Waals surface area contributed by atoms with E-state index in [0.29, 0.717) is 6.10 Å². The van der Waals surface area contributed by atoms with Gasteiger partial charge in [-0.2, -0.15) is 0 Å². The van der Waals surface area contributed by atoms with Crippen molar-refractivity contribution < 1.29 is 9.84 Å². The smallest absolute Gasteiger partial charge is 0.0959 e. The molecule has 0 aliphatic heterocycles. The minimum Gasteiger partial charge on any atom is -0.394 e. The van der Waals surface area contributed by atoms with Crippen LogP contribution in [0.4, 0.5) is 0 Å². The van der Waals surface area contributed by atoms with E-state index in [4.69, 9.17) is 10.5 Å². The molecule has 0 heterocycles. The highest BCUT2D eigenvalue weighted by Crippen LogP contribution is 2.29. The monoisotopic (exact) mass is 243 g/mol. The fraction of sp³-hybridized carbons (Fsp3) is 1.00. The predicted octanol–water partition coefficient (Wildman–Crippen LogP) is 2.46. The van der Waals surface area contributed by atoms with Gasteiger partial charge in [-0.3, -0.25) is 0 Å². The molecule has 4 atom stereocenters. The third-order valence-corrected chi connectivity index (χ3v) is 3.96. The Balaban J connectivity index is 2.38. The third kappa shape index (κ3) is 4.94. The van der Waals surface area contributed by atoms with Crippen molar-refractivity contribution >= 4 is 0 Å². The van der Waals surface area contributed by atoms with Crippen molar-refractivity contribution in [2.24, 2.45) is 11.7 Å². The average molecular weight is 243 g/mol. The van der Waals surface area contributed by atoms with E-state index >= 15 is 0 Å². The maximum Gasteiger partial charge on any atom is 0.0959 e. The number of aliphatic hydroxyl groups is 1. The van der Waals surface area contributed by atoms with E-state index in [-0.39, 0.29) is 18.8 Å². The Morgan fingerprint density at radius 2 is 2.12 bits per heavy atom. The van der Waals surface area contributed by atoms with E-state index in [1.165, 1.54) is 19.3 Å². The van der Waals surface area contributed by atoms with E-state index in [9.17, 15) is 5.11 Å². The van der Waals surface area contributed by atoms with E-state index in [1.807, 2.05) is 0 Å². The van der Waals surface area contributed by atoms with Crippen LogP contribution in [-0.2, 0) is 4.74 Å². The van der Waals surface area contributed by atoms with Crippen molar-refractivity contribution in [3.8, 4) is 0 Å². The van der Waals surface area contributed by atoms with Crippen LogP contribution in [0.15, 0.2) is 0 Å². The molecule has 1 aliphatic rings. The minimum atomic E-state index is -0.171. The molecule has 0 saturated heterocycles. The van der Waals surface area contributed by atoms with Gasteiger partial charge in [0.15, 0.2) is 0 Å². The number of rotatable bonds is 7. The van der Waals surface area contributed by atoms with Gasteiger partial charge in [-0.25, -0.2) is 0 Å². The van der Waals surface area contributed by atoms with E-state index in [0.717, 1.165) is 31.6 Å². The molecule has 0 amide bonds. The van der Waals surface area contributed by atoms with Crippen molar-refractivity contribution in [1.29, 1.82) is 0 Å². The fourth-order valence-electron chi connectivity index (χ4n) is 2.78. The van der Waals surface area contributed by atoms with Crippen molar-refractivity contribution in [3.63, 3.8) is 0 Å². The molecule has 0 aromatic rings. The lowest BCUT2D eigenvalue weighted by molar-refractivity contribution is -0.0727. The number of ether oxygens (including phenoxy) is 1. The van der Waals surface area contributed by atoms with Gasteiger partial charge in [0.25, 0.3) is 0 Å². The molecular weight excluding hydrogens is 214 g/mol. The summed E-state index contributed by atoms with van der Waals surface area (Å²) in [6.45, 7) is 4.41. The van der Waals surface area contributed by atoms with E-state index in [2.05, 4.69) is 13.8 Å². The first-order chi connectivity index (χ1) is 8.21. The minimum absolute atomic E-state index is 0.0213. The molecule has 1 aliphatic carbocycles. The molecular formula is C14H29NO2. The Morgan fingerprint density at radius 3 is 2.71 bits per heavy atom. The highest BCUT2D eigenvalue weighted by Gasteiger charge is 2.26. The number of aliphatic hydroxyl groups excluding tert-OH is 1. The molecule has 0 aromatic carbocycles. The lowest BCUT2D eigenvalue weighted by Crippen LogP contribution is -2.42. The van der Waals surface area contributed by atoms with Gasteiger partial charge >= 0.3 is 0 Å². The molecule has 3 nitrogen and oxygen atoms in total. The summed E-state index contributed by atoms with van der Waals surface area (Å²) in [5, 5.41) is 9.37. The Morgan fingerprint density at radius 1 is 1.35 bits per heavy atom. The summed E-state index contributed by atoms with van der Waals surface area (Å²) in [6.07, 6.45) is 8.22. The highest BCUT2D eigenvalue weighted by molar-refractivity contribution is 4.78. The largest absolute Gasteiger partial charge is 0.394 e. The van der Waals surface area contributed by atoms with Gasteiger partial charge in [0.05, 0.1) is 18.8 Å². The number of hydrogen-bond acceptors (Lipinski definition) is 3. The maximum absolute atomic E-state index is 9.37. The van der Waals surface area contributed by atoms with Crippen molar-refractivity contribution in [3.05, 3.63) is 0 Å². The zero-order valence-corrected chi connectivity index (χ0v) is 11.4. The van der Waals surface area contributed by atoms with Crippen LogP contribution in [0, 0.1) is 5.92 Å². The van der Waals surface area contributed by atoms with Gasteiger partial charge in [0, 0.05) is 6.04 Å². The summed E-state index contributed by atoms with van der Waals surface area (Å²) in [6, 6.07) is -0.0213. The highest BCUT2D eigenvalue weighted by atomic mass is 16.5. The number of hydrogen-bond donors (Lipinski definition) is 2. The maximum atomic E-state index is 9.37. The quantitative estimate of drug-likeness (QED) is 0.722. The summed E-state index contributed by atoms with van der Waals surface area (Å²) in [7, 11) is 0. The summed E-state index contributed by atoms with van der Waals surface area (Å²) < 4.78 is 6.01. The normalized spacial score (nSPS) is 28.9.